The van der Waals surface area contributed by atoms with Crippen LogP contribution in [0.1, 0.15) is 49.4 Å². The molecule has 0 heterocycles. The van der Waals surface area contributed by atoms with Gasteiger partial charge in [-0.15, -0.1) is 0 Å². The Bertz CT molecular complexity index is 775. The van der Waals surface area contributed by atoms with Gasteiger partial charge in [-0.2, -0.15) is 0 Å². The van der Waals surface area contributed by atoms with Gasteiger partial charge in [0.1, 0.15) is 4.90 Å². The SMILES string of the molecule is C[C@@H](OC(=O)c1ccc(Cl)c(S(N)(=O)=O)c1)C(=O)NCC1CCCCC1. The average Bonchev–Trinajstić information content (AvgIpc) is 2.59. The van der Waals surface area contributed by atoms with Crippen LogP contribution in [0.25, 0.3) is 0 Å². The number of hydrogen-bond donors (Lipinski definition) is 2. The Balaban J connectivity index is 1.94. The fourth-order valence-corrected chi connectivity index (χ4v) is 3.98. The molecule has 3 N–H and O–H groups in total. The maximum Gasteiger partial charge on any atom is 0.338 e. The first-order valence-electron chi connectivity index (χ1n) is 8.49. The number of primary sulfonamides is 1. The molecule has 0 saturated heterocycles. The van der Waals surface area contributed by atoms with Gasteiger partial charge in [-0.05, 0) is 43.9 Å². The summed E-state index contributed by atoms with van der Waals surface area (Å²) in [6, 6.07) is 3.59. The molecule has 7 nitrogen and oxygen atoms in total. The first-order valence-corrected chi connectivity index (χ1v) is 10.4. The Morgan fingerprint density at radius 1 is 1.31 bits per heavy atom. The van der Waals surface area contributed by atoms with E-state index in [2.05, 4.69) is 5.32 Å². The van der Waals surface area contributed by atoms with Crippen LogP contribution < -0.4 is 10.5 Å². The van der Waals surface area contributed by atoms with Gasteiger partial charge in [0.25, 0.3) is 5.91 Å². The Kier molecular flexibility index (Phi) is 7.02. The van der Waals surface area contributed by atoms with Gasteiger partial charge in [0.05, 0.1) is 10.6 Å². The number of hydrogen-bond acceptors (Lipinski definition) is 5. The Morgan fingerprint density at radius 3 is 2.58 bits per heavy atom. The van der Waals surface area contributed by atoms with Gasteiger partial charge in [-0.3, -0.25) is 4.79 Å². The van der Waals surface area contributed by atoms with Crippen LogP contribution >= 0.6 is 11.6 Å². The number of sulfonamides is 1. The number of benzene rings is 1. The molecule has 1 aromatic carbocycles. The minimum Gasteiger partial charge on any atom is -0.449 e. The van der Waals surface area contributed by atoms with Crippen molar-refractivity contribution >= 4 is 33.5 Å². The minimum absolute atomic E-state index is 0.0506. The number of halogens is 1. The largest absolute Gasteiger partial charge is 0.449 e. The van der Waals surface area contributed by atoms with Crippen molar-refractivity contribution in [2.45, 2.75) is 50.0 Å². The molecule has 1 fully saturated rings. The van der Waals surface area contributed by atoms with E-state index in [4.69, 9.17) is 21.5 Å². The second-order valence-electron chi connectivity index (χ2n) is 6.49. The fraction of sp³-hybridized carbons (Fsp3) is 0.529. The topological polar surface area (TPSA) is 116 Å². The van der Waals surface area contributed by atoms with E-state index >= 15 is 0 Å². The second kappa shape index (κ2) is 8.83. The zero-order valence-corrected chi connectivity index (χ0v) is 16.1. The average molecular weight is 403 g/mol. The third kappa shape index (κ3) is 5.69. The number of carbonyl (C=O) groups is 2. The first-order chi connectivity index (χ1) is 12.2. The number of nitrogens with one attached hydrogen (secondary N) is 1. The van der Waals surface area contributed by atoms with E-state index in [-0.39, 0.29) is 21.4 Å². The number of rotatable bonds is 6. The standard InChI is InChI=1S/C17H23ClN2O5S/c1-11(16(21)20-10-12-5-3-2-4-6-12)25-17(22)13-7-8-14(18)15(9-13)26(19,23)24/h7-9,11-12H,2-6,10H2,1H3,(H,20,21)(H2,19,23,24)/t11-/m1/s1. The maximum absolute atomic E-state index is 12.2. The van der Waals surface area contributed by atoms with Crippen molar-refractivity contribution in [1.29, 1.82) is 0 Å². The van der Waals surface area contributed by atoms with Crippen LogP contribution in [-0.4, -0.2) is 32.9 Å². The zero-order chi connectivity index (χ0) is 19.3. The summed E-state index contributed by atoms with van der Waals surface area (Å²) in [5, 5.41) is 7.76. The number of esters is 1. The molecule has 1 atom stereocenters. The normalized spacial score (nSPS) is 16.7. The highest BCUT2D eigenvalue weighted by molar-refractivity contribution is 7.89. The highest BCUT2D eigenvalue weighted by Crippen LogP contribution is 2.23. The van der Waals surface area contributed by atoms with E-state index in [1.54, 1.807) is 0 Å². The molecule has 2 rings (SSSR count). The number of amides is 1. The molecule has 1 amide bonds. The molecular weight excluding hydrogens is 380 g/mol. The lowest BCUT2D eigenvalue weighted by atomic mass is 9.89. The smallest absolute Gasteiger partial charge is 0.338 e. The summed E-state index contributed by atoms with van der Waals surface area (Å²) in [5.74, 6) is -0.749. The molecule has 0 spiro atoms. The highest BCUT2D eigenvalue weighted by atomic mass is 35.5. The Labute approximate surface area is 158 Å². The molecule has 1 aliphatic rings. The summed E-state index contributed by atoms with van der Waals surface area (Å²) < 4.78 is 28.1. The van der Waals surface area contributed by atoms with Gasteiger partial charge in [0, 0.05) is 6.54 Å². The fourth-order valence-electron chi connectivity index (χ4n) is 2.91. The summed E-state index contributed by atoms with van der Waals surface area (Å²) in [5.41, 5.74) is -0.0506. The van der Waals surface area contributed by atoms with Gasteiger partial charge < -0.3 is 10.1 Å². The summed E-state index contributed by atoms with van der Waals surface area (Å²) in [6.45, 7) is 2.03. The maximum atomic E-state index is 12.2. The van der Waals surface area contributed by atoms with E-state index in [0.29, 0.717) is 12.5 Å². The van der Waals surface area contributed by atoms with Crippen LogP contribution in [0.15, 0.2) is 23.1 Å². The van der Waals surface area contributed by atoms with Crippen LogP contribution in [0.5, 0.6) is 0 Å². The third-order valence-corrected chi connectivity index (χ3v) is 5.81. The van der Waals surface area contributed by atoms with Crippen LogP contribution in [-0.2, 0) is 19.6 Å². The summed E-state index contributed by atoms with van der Waals surface area (Å²) >= 11 is 5.78. The van der Waals surface area contributed by atoms with Gasteiger partial charge in [0.15, 0.2) is 6.10 Å². The quantitative estimate of drug-likeness (QED) is 0.708. The van der Waals surface area contributed by atoms with E-state index in [1.165, 1.54) is 38.3 Å². The van der Waals surface area contributed by atoms with Gasteiger partial charge in [-0.1, -0.05) is 30.9 Å². The first kappa shape index (κ1) is 20.7. The van der Waals surface area contributed by atoms with Crippen molar-refractivity contribution < 1.29 is 22.7 Å². The Morgan fingerprint density at radius 2 is 1.96 bits per heavy atom. The molecule has 1 saturated carbocycles. The minimum atomic E-state index is -4.07. The van der Waals surface area contributed by atoms with Gasteiger partial charge in [-0.25, -0.2) is 18.4 Å². The summed E-state index contributed by atoms with van der Waals surface area (Å²) in [4.78, 5) is 23.9. The van der Waals surface area contributed by atoms with E-state index < -0.39 is 22.1 Å². The third-order valence-electron chi connectivity index (χ3n) is 4.42. The highest BCUT2D eigenvalue weighted by Gasteiger charge is 2.22. The van der Waals surface area contributed by atoms with E-state index in [0.717, 1.165) is 18.9 Å². The summed E-state index contributed by atoms with van der Waals surface area (Å²) in [6.07, 6.45) is 4.77. The van der Waals surface area contributed by atoms with Gasteiger partial charge in [0.2, 0.25) is 10.0 Å². The molecule has 0 aliphatic heterocycles. The van der Waals surface area contributed by atoms with Crippen molar-refractivity contribution in [3.63, 3.8) is 0 Å². The lowest BCUT2D eigenvalue weighted by Crippen LogP contribution is -2.38. The Hall–Kier alpha value is -1.64. The lowest BCUT2D eigenvalue weighted by Gasteiger charge is -2.22. The van der Waals surface area contributed by atoms with Crippen molar-refractivity contribution in [2.75, 3.05) is 6.54 Å². The van der Waals surface area contributed by atoms with Crippen molar-refractivity contribution in [3.05, 3.63) is 28.8 Å². The molecular formula is C17H23ClN2O5S. The lowest BCUT2D eigenvalue weighted by molar-refractivity contribution is -0.129. The predicted octanol–water partition coefficient (Wildman–Crippen LogP) is 2.23. The van der Waals surface area contributed by atoms with Crippen LogP contribution in [0, 0.1) is 5.92 Å². The molecule has 0 unspecified atom stereocenters. The summed E-state index contributed by atoms with van der Waals surface area (Å²) in [7, 11) is -4.07. The molecule has 0 radical (unpaired) electrons. The van der Waals surface area contributed by atoms with Crippen LogP contribution in [0.3, 0.4) is 0 Å². The molecule has 0 bridgehead atoms. The van der Waals surface area contributed by atoms with Crippen LogP contribution in [0.4, 0.5) is 0 Å². The molecule has 1 aromatic rings. The zero-order valence-electron chi connectivity index (χ0n) is 14.5. The van der Waals surface area contributed by atoms with E-state index in [1.807, 2.05) is 0 Å². The number of nitrogens with two attached hydrogens (primary N) is 1. The second-order valence-corrected chi connectivity index (χ2v) is 8.42. The van der Waals surface area contributed by atoms with Crippen molar-refractivity contribution in [1.82, 2.24) is 5.32 Å². The molecule has 144 valence electrons. The molecule has 26 heavy (non-hydrogen) atoms. The van der Waals surface area contributed by atoms with Crippen molar-refractivity contribution in [3.8, 4) is 0 Å². The number of carbonyl (C=O) groups excluding carboxylic acids is 2. The number of ether oxygens (including phenoxy) is 1. The predicted molar refractivity (Wildman–Crippen MR) is 97.3 cm³/mol. The van der Waals surface area contributed by atoms with Gasteiger partial charge >= 0.3 is 5.97 Å². The van der Waals surface area contributed by atoms with Crippen molar-refractivity contribution in [2.24, 2.45) is 11.1 Å². The van der Waals surface area contributed by atoms with E-state index in [9.17, 15) is 18.0 Å². The molecule has 0 aromatic heterocycles. The van der Waals surface area contributed by atoms with Crippen LogP contribution in [0.2, 0.25) is 5.02 Å². The molecule has 9 heteroatoms. The monoisotopic (exact) mass is 402 g/mol. The molecule has 1 aliphatic carbocycles.